The van der Waals surface area contributed by atoms with Gasteiger partial charge in [-0.3, -0.25) is 4.57 Å². The first-order chi connectivity index (χ1) is 5.12. The molecule has 64 valence electrons. The van der Waals surface area contributed by atoms with E-state index in [0.29, 0.717) is 13.1 Å². The summed E-state index contributed by atoms with van der Waals surface area (Å²) < 4.78 is 11.2. The quantitative estimate of drug-likeness (QED) is 0.501. The number of halogens is 1. The Labute approximate surface area is 71.8 Å². The fourth-order valence-electron chi connectivity index (χ4n) is 0.420. The van der Waals surface area contributed by atoms with E-state index in [2.05, 4.69) is 23.3 Å². The van der Waals surface area contributed by atoms with E-state index in [9.17, 15) is 4.57 Å². The van der Waals surface area contributed by atoms with Crippen molar-refractivity contribution >= 4 is 18.0 Å². The van der Waals surface area contributed by atoms with Gasteiger partial charge in [0.2, 0.25) is 0 Å². The number of rotatable bonds is 6. The van der Waals surface area contributed by atoms with Gasteiger partial charge in [-0.1, -0.05) is 12.2 Å². The van der Waals surface area contributed by atoms with Crippen LogP contribution in [0.1, 0.15) is 0 Å². The summed E-state index contributed by atoms with van der Waals surface area (Å²) in [5, 5.41) is 5.18. The summed E-state index contributed by atoms with van der Waals surface area (Å²) in [4.78, 5) is 0. The minimum Gasteiger partial charge on any atom is -0.271 e. The van der Waals surface area contributed by atoms with E-state index in [1.54, 1.807) is 12.2 Å². The Balaban J connectivity index is 3.69. The van der Waals surface area contributed by atoms with Crippen LogP contribution in [-0.4, -0.2) is 13.1 Å². The van der Waals surface area contributed by atoms with E-state index in [4.69, 9.17) is 11.2 Å². The molecule has 0 radical (unpaired) electrons. The van der Waals surface area contributed by atoms with Crippen LogP contribution in [0.4, 0.5) is 0 Å². The monoisotopic (exact) mass is 194 g/mol. The molecular formula is C6H12ClN2OP. The second kappa shape index (κ2) is 5.56. The van der Waals surface area contributed by atoms with Gasteiger partial charge in [-0.2, -0.15) is 0 Å². The molecule has 0 heterocycles. The molecule has 0 amide bonds. The lowest BCUT2D eigenvalue weighted by Crippen LogP contribution is -2.18. The fourth-order valence-corrected chi connectivity index (χ4v) is 1.67. The zero-order valence-electron chi connectivity index (χ0n) is 6.22. The molecule has 0 aromatic carbocycles. The van der Waals surface area contributed by atoms with Crippen molar-refractivity contribution in [2.75, 3.05) is 13.1 Å². The maximum absolute atomic E-state index is 11.2. The van der Waals surface area contributed by atoms with Crippen LogP contribution < -0.4 is 10.2 Å². The minimum absolute atomic E-state index is 0.422. The highest BCUT2D eigenvalue weighted by Crippen LogP contribution is 2.40. The lowest BCUT2D eigenvalue weighted by molar-refractivity contribution is 0.570. The second-order valence-corrected chi connectivity index (χ2v) is 4.96. The third kappa shape index (κ3) is 6.32. The number of nitrogens with one attached hydrogen (secondary N) is 2. The molecule has 2 N–H and O–H groups in total. The Kier molecular flexibility index (Phi) is 5.51. The Hall–Kier alpha value is -0.0800. The fraction of sp³-hybridized carbons (Fsp3) is 0.333. The largest absolute Gasteiger partial charge is 0.299 e. The standard InChI is InChI=1S/C6H12ClN2OP/c1-3-5-8-11(7,10)9-6-4-2/h3-4H,1-2,5-6H2,(H2,8,9,10). The van der Waals surface area contributed by atoms with Crippen LogP contribution in [0.2, 0.25) is 0 Å². The number of hydrogen-bond acceptors (Lipinski definition) is 1. The zero-order valence-corrected chi connectivity index (χ0v) is 7.87. The van der Waals surface area contributed by atoms with E-state index in [1.807, 2.05) is 0 Å². The Bertz CT molecular complexity index is 167. The predicted molar refractivity (Wildman–Crippen MR) is 49.9 cm³/mol. The molecule has 11 heavy (non-hydrogen) atoms. The van der Waals surface area contributed by atoms with Crippen molar-refractivity contribution in [1.29, 1.82) is 0 Å². The molecule has 0 aliphatic rings. The van der Waals surface area contributed by atoms with Crippen molar-refractivity contribution in [3.8, 4) is 0 Å². The average molecular weight is 195 g/mol. The van der Waals surface area contributed by atoms with Crippen LogP contribution in [0, 0.1) is 0 Å². The van der Waals surface area contributed by atoms with Crippen LogP contribution in [-0.2, 0) is 4.57 Å². The Morgan fingerprint density at radius 3 is 1.91 bits per heavy atom. The molecule has 0 saturated carbocycles. The van der Waals surface area contributed by atoms with E-state index in [0.717, 1.165) is 0 Å². The molecule has 0 bridgehead atoms. The van der Waals surface area contributed by atoms with Gasteiger partial charge in [0.05, 0.1) is 0 Å². The van der Waals surface area contributed by atoms with Gasteiger partial charge in [-0.25, -0.2) is 10.2 Å². The highest BCUT2D eigenvalue weighted by molar-refractivity contribution is 7.86. The first kappa shape index (κ1) is 10.9. The SMILES string of the molecule is C=CCNP(=O)(Cl)NCC=C. The summed E-state index contributed by atoms with van der Waals surface area (Å²) in [5.74, 6) is 0. The van der Waals surface area contributed by atoms with E-state index >= 15 is 0 Å². The molecule has 0 atom stereocenters. The van der Waals surface area contributed by atoms with Crippen molar-refractivity contribution in [2.24, 2.45) is 0 Å². The van der Waals surface area contributed by atoms with Gasteiger partial charge in [0.15, 0.2) is 0 Å². The van der Waals surface area contributed by atoms with Gasteiger partial charge in [0.25, 0.3) is 6.80 Å². The molecule has 3 nitrogen and oxygen atoms in total. The van der Waals surface area contributed by atoms with Gasteiger partial charge >= 0.3 is 0 Å². The molecule has 0 rings (SSSR count). The summed E-state index contributed by atoms with van der Waals surface area (Å²) in [7, 11) is 0. The van der Waals surface area contributed by atoms with Gasteiger partial charge in [-0.15, -0.1) is 13.2 Å². The molecule has 0 aliphatic heterocycles. The predicted octanol–water partition coefficient (Wildman–Crippen LogP) is 1.88. The van der Waals surface area contributed by atoms with Crippen molar-refractivity contribution in [1.82, 2.24) is 10.2 Å². The third-order valence-electron chi connectivity index (χ3n) is 0.878. The van der Waals surface area contributed by atoms with Crippen molar-refractivity contribution in [3.05, 3.63) is 25.3 Å². The highest BCUT2D eigenvalue weighted by Gasteiger charge is 2.13. The van der Waals surface area contributed by atoms with E-state index < -0.39 is 6.80 Å². The lowest BCUT2D eigenvalue weighted by atomic mass is 10.7. The summed E-state index contributed by atoms with van der Waals surface area (Å²) in [5.41, 5.74) is 0. The summed E-state index contributed by atoms with van der Waals surface area (Å²) >= 11 is 5.53. The number of hydrogen-bond donors (Lipinski definition) is 2. The van der Waals surface area contributed by atoms with Crippen molar-refractivity contribution in [3.63, 3.8) is 0 Å². The van der Waals surface area contributed by atoms with Gasteiger partial charge in [0.1, 0.15) is 0 Å². The Morgan fingerprint density at radius 1 is 1.27 bits per heavy atom. The molecule has 0 unspecified atom stereocenters. The lowest BCUT2D eigenvalue weighted by Gasteiger charge is -2.10. The second-order valence-electron chi connectivity index (χ2n) is 1.83. The van der Waals surface area contributed by atoms with Crippen LogP contribution in [0.5, 0.6) is 0 Å². The zero-order chi connectivity index (χ0) is 8.74. The molecule has 0 fully saturated rings. The summed E-state index contributed by atoms with van der Waals surface area (Å²) in [6.07, 6.45) is 3.18. The van der Waals surface area contributed by atoms with Crippen LogP contribution in [0.3, 0.4) is 0 Å². The smallest absolute Gasteiger partial charge is 0.271 e. The molecule has 0 aromatic rings. The average Bonchev–Trinajstić information content (AvgIpc) is 1.97. The van der Waals surface area contributed by atoms with Crippen molar-refractivity contribution in [2.45, 2.75) is 0 Å². The van der Waals surface area contributed by atoms with Gasteiger partial charge in [0, 0.05) is 13.1 Å². The van der Waals surface area contributed by atoms with Crippen molar-refractivity contribution < 1.29 is 4.57 Å². The van der Waals surface area contributed by atoms with Gasteiger partial charge in [-0.05, 0) is 11.2 Å². The molecular weight excluding hydrogens is 183 g/mol. The van der Waals surface area contributed by atoms with E-state index in [1.165, 1.54) is 0 Å². The molecule has 0 spiro atoms. The topological polar surface area (TPSA) is 41.1 Å². The highest BCUT2D eigenvalue weighted by atomic mass is 35.7. The summed E-state index contributed by atoms with van der Waals surface area (Å²) in [6.45, 7) is 4.85. The van der Waals surface area contributed by atoms with Crippen LogP contribution in [0.25, 0.3) is 0 Å². The third-order valence-corrected chi connectivity index (χ3v) is 2.77. The van der Waals surface area contributed by atoms with E-state index in [-0.39, 0.29) is 0 Å². The molecule has 0 saturated heterocycles. The molecule has 5 heteroatoms. The van der Waals surface area contributed by atoms with Crippen LogP contribution >= 0.6 is 18.0 Å². The van der Waals surface area contributed by atoms with Gasteiger partial charge < -0.3 is 0 Å². The normalized spacial score (nSPS) is 11.0. The first-order valence-electron chi connectivity index (χ1n) is 3.14. The molecule has 0 aliphatic carbocycles. The molecule has 0 aromatic heterocycles. The minimum atomic E-state index is -2.90. The van der Waals surface area contributed by atoms with Crippen LogP contribution in [0.15, 0.2) is 25.3 Å². The first-order valence-corrected chi connectivity index (χ1v) is 5.75. The maximum Gasteiger partial charge on any atom is 0.299 e. The summed E-state index contributed by atoms with van der Waals surface area (Å²) in [6, 6.07) is 0. The Morgan fingerprint density at radius 2 is 1.64 bits per heavy atom. The maximum atomic E-state index is 11.2.